The van der Waals surface area contributed by atoms with Crippen molar-refractivity contribution in [2.24, 2.45) is 0 Å². The number of methoxy groups -OCH3 is 1. The summed E-state index contributed by atoms with van der Waals surface area (Å²) in [6.45, 7) is 9.41. The van der Waals surface area contributed by atoms with Gasteiger partial charge in [-0.25, -0.2) is 9.59 Å². The monoisotopic (exact) mass is 299 g/mol. The van der Waals surface area contributed by atoms with Gasteiger partial charge in [0.15, 0.2) is 0 Å². The summed E-state index contributed by atoms with van der Waals surface area (Å²) in [5, 5.41) is 10.3. The van der Waals surface area contributed by atoms with E-state index in [0.29, 0.717) is 13.0 Å². The molecular weight excluding hydrogens is 274 g/mol. The minimum Gasteiger partial charge on any atom is -0.466 e. The van der Waals surface area contributed by atoms with Crippen molar-refractivity contribution >= 4 is 12.1 Å². The molecule has 1 aliphatic rings. The van der Waals surface area contributed by atoms with E-state index in [2.05, 4.69) is 11.3 Å². The normalized spacial score (nSPS) is 20.6. The van der Waals surface area contributed by atoms with E-state index in [1.54, 1.807) is 20.8 Å². The van der Waals surface area contributed by atoms with Crippen molar-refractivity contribution in [2.45, 2.75) is 57.8 Å². The molecule has 0 radical (unpaired) electrons. The Morgan fingerprint density at radius 2 is 1.95 bits per heavy atom. The number of nitrogens with zero attached hydrogens (tertiary/aromatic N) is 1. The zero-order chi connectivity index (χ0) is 16.2. The van der Waals surface area contributed by atoms with Crippen LogP contribution in [0.15, 0.2) is 12.2 Å². The van der Waals surface area contributed by atoms with Crippen LogP contribution >= 0.6 is 0 Å². The standard InChI is InChI=1S/C15H25NO5/c1-10(13(18)20-5)12(17)11-8-6-7-9-16(11)14(19)21-15(2,3)4/h11-12,17H,1,6-9H2,2-5H3. The van der Waals surface area contributed by atoms with Crippen LogP contribution in [0.25, 0.3) is 0 Å². The number of carbonyl (C=O) groups excluding carboxylic acids is 2. The van der Waals surface area contributed by atoms with Crippen molar-refractivity contribution in [3.63, 3.8) is 0 Å². The number of esters is 1. The Labute approximate surface area is 125 Å². The first-order valence-corrected chi connectivity index (χ1v) is 7.12. The molecule has 1 rings (SSSR count). The summed E-state index contributed by atoms with van der Waals surface area (Å²) in [6.07, 6.45) is 0.674. The first-order valence-electron chi connectivity index (χ1n) is 7.12. The summed E-state index contributed by atoms with van der Waals surface area (Å²) >= 11 is 0. The summed E-state index contributed by atoms with van der Waals surface area (Å²) in [7, 11) is 1.23. The maximum Gasteiger partial charge on any atom is 0.410 e. The van der Waals surface area contributed by atoms with Gasteiger partial charge in [0, 0.05) is 6.54 Å². The van der Waals surface area contributed by atoms with E-state index in [4.69, 9.17) is 4.74 Å². The van der Waals surface area contributed by atoms with Gasteiger partial charge in [-0.3, -0.25) is 0 Å². The Balaban J connectivity index is 2.84. The molecule has 0 aromatic carbocycles. The largest absolute Gasteiger partial charge is 0.466 e. The minimum absolute atomic E-state index is 0.0436. The molecule has 1 saturated heterocycles. The molecule has 1 N–H and O–H groups in total. The van der Waals surface area contributed by atoms with E-state index < -0.39 is 29.8 Å². The molecule has 1 heterocycles. The highest BCUT2D eigenvalue weighted by Gasteiger charge is 2.37. The van der Waals surface area contributed by atoms with Crippen LogP contribution < -0.4 is 0 Å². The fourth-order valence-corrected chi connectivity index (χ4v) is 2.32. The number of hydrogen-bond donors (Lipinski definition) is 1. The zero-order valence-electron chi connectivity index (χ0n) is 13.2. The summed E-state index contributed by atoms with van der Waals surface area (Å²) in [4.78, 5) is 25.2. The van der Waals surface area contributed by atoms with E-state index in [1.807, 2.05) is 0 Å². The molecule has 2 unspecified atom stereocenters. The highest BCUT2D eigenvalue weighted by molar-refractivity contribution is 5.89. The van der Waals surface area contributed by atoms with Gasteiger partial charge < -0.3 is 19.5 Å². The molecule has 0 aromatic heterocycles. The number of amides is 1. The van der Waals surface area contributed by atoms with Gasteiger partial charge in [0.1, 0.15) is 11.7 Å². The molecule has 2 atom stereocenters. The average molecular weight is 299 g/mol. The van der Waals surface area contributed by atoms with Crippen molar-refractivity contribution in [2.75, 3.05) is 13.7 Å². The Bertz CT molecular complexity index is 413. The highest BCUT2D eigenvalue weighted by atomic mass is 16.6. The molecule has 6 heteroatoms. The van der Waals surface area contributed by atoms with E-state index >= 15 is 0 Å². The lowest BCUT2D eigenvalue weighted by molar-refractivity contribution is -0.137. The summed E-state index contributed by atoms with van der Waals surface area (Å²) in [6, 6.07) is -0.514. The van der Waals surface area contributed by atoms with Gasteiger partial charge in [-0.15, -0.1) is 0 Å². The number of rotatable bonds is 3. The van der Waals surface area contributed by atoms with E-state index in [9.17, 15) is 14.7 Å². The molecule has 0 saturated carbocycles. The van der Waals surface area contributed by atoms with Crippen LogP contribution in [-0.4, -0.2) is 53.5 Å². The van der Waals surface area contributed by atoms with Crippen LogP contribution in [0.5, 0.6) is 0 Å². The topological polar surface area (TPSA) is 76.1 Å². The maximum atomic E-state index is 12.2. The van der Waals surface area contributed by atoms with Crippen LogP contribution in [0, 0.1) is 0 Å². The molecule has 0 spiro atoms. The molecule has 6 nitrogen and oxygen atoms in total. The molecule has 0 aromatic rings. The van der Waals surface area contributed by atoms with Gasteiger partial charge in [-0.1, -0.05) is 6.58 Å². The minimum atomic E-state index is -1.15. The first-order chi connectivity index (χ1) is 9.67. The van der Waals surface area contributed by atoms with Crippen molar-refractivity contribution in [3.05, 3.63) is 12.2 Å². The lowest BCUT2D eigenvalue weighted by Crippen LogP contribution is -2.52. The first kappa shape index (κ1) is 17.5. The third-order valence-electron chi connectivity index (χ3n) is 3.35. The second-order valence-corrected chi connectivity index (χ2v) is 6.20. The third kappa shape index (κ3) is 4.74. The van der Waals surface area contributed by atoms with Crippen molar-refractivity contribution < 1.29 is 24.2 Å². The summed E-state index contributed by atoms with van der Waals surface area (Å²) in [5.41, 5.74) is -0.651. The van der Waals surface area contributed by atoms with Gasteiger partial charge in [-0.05, 0) is 40.0 Å². The predicted molar refractivity (Wildman–Crippen MR) is 77.7 cm³/mol. The Hall–Kier alpha value is -1.56. The van der Waals surface area contributed by atoms with E-state index in [1.165, 1.54) is 12.0 Å². The average Bonchev–Trinajstić information content (AvgIpc) is 2.43. The quantitative estimate of drug-likeness (QED) is 0.636. The maximum absolute atomic E-state index is 12.2. The van der Waals surface area contributed by atoms with Crippen LogP contribution in [0.3, 0.4) is 0 Å². The number of likely N-dealkylation sites (tertiary alicyclic amines) is 1. The second-order valence-electron chi connectivity index (χ2n) is 6.20. The summed E-state index contributed by atoms with van der Waals surface area (Å²) in [5.74, 6) is -0.669. The van der Waals surface area contributed by atoms with Crippen LogP contribution in [0.4, 0.5) is 4.79 Å². The summed E-state index contributed by atoms with van der Waals surface area (Å²) < 4.78 is 9.92. The van der Waals surface area contributed by atoms with Crippen LogP contribution in [0.1, 0.15) is 40.0 Å². The van der Waals surface area contributed by atoms with Gasteiger partial charge >= 0.3 is 12.1 Å². The van der Waals surface area contributed by atoms with E-state index in [-0.39, 0.29) is 5.57 Å². The number of hydrogen-bond acceptors (Lipinski definition) is 5. The molecule has 120 valence electrons. The molecule has 1 aliphatic heterocycles. The van der Waals surface area contributed by atoms with E-state index in [0.717, 1.165) is 12.8 Å². The number of piperidine rings is 1. The lowest BCUT2D eigenvalue weighted by atomic mass is 9.94. The molecule has 1 amide bonds. The van der Waals surface area contributed by atoms with Gasteiger partial charge in [0.2, 0.25) is 0 Å². The Morgan fingerprint density at radius 3 is 2.48 bits per heavy atom. The molecule has 21 heavy (non-hydrogen) atoms. The second kappa shape index (κ2) is 6.93. The Kier molecular flexibility index (Phi) is 5.78. The number of ether oxygens (including phenoxy) is 2. The number of carbonyl (C=O) groups is 2. The number of aliphatic hydroxyl groups excluding tert-OH is 1. The SMILES string of the molecule is C=C(C(=O)OC)C(O)C1CCCCN1C(=O)OC(C)(C)C. The molecule has 1 fully saturated rings. The van der Waals surface area contributed by atoms with Crippen LogP contribution in [-0.2, 0) is 14.3 Å². The smallest absolute Gasteiger partial charge is 0.410 e. The van der Waals surface area contributed by atoms with Crippen LogP contribution in [0.2, 0.25) is 0 Å². The Morgan fingerprint density at radius 1 is 1.33 bits per heavy atom. The predicted octanol–water partition coefficient (Wildman–Crippen LogP) is 1.87. The zero-order valence-corrected chi connectivity index (χ0v) is 13.2. The lowest BCUT2D eigenvalue weighted by Gasteiger charge is -2.39. The molecular formula is C15H25NO5. The molecule has 0 aliphatic carbocycles. The fourth-order valence-electron chi connectivity index (χ4n) is 2.32. The number of aliphatic hydroxyl groups is 1. The van der Waals surface area contributed by atoms with Gasteiger partial charge in [-0.2, -0.15) is 0 Å². The highest BCUT2D eigenvalue weighted by Crippen LogP contribution is 2.25. The van der Waals surface area contributed by atoms with Crippen molar-refractivity contribution in [1.29, 1.82) is 0 Å². The third-order valence-corrected chi connectivity index (χ3v) is 3.35. The van der Waals surface area contributed by atoms with Gasteiger partial charge in [0.05, 0.1) is 18.7 Å². The molecule has 0 bridgehead atoms. The van der Waals surface area contributed by atoms with Crippen molar-refractivity contribution in [3.8, 4) is 0 Å². The fraction of sp³-hybridized carbons (Fsp3) is 0.733. The van der Waals surface area contributed by atoms with Crippen molar-refractivity contribution in [1.82, 2.24) is 4.90 Å². The van der Waals surface area contributed by atoms with Gasteiger partial charge in [0.25, 0.3) is 0 Å².